The van der Waals surface area contributed by atoms with Gasteiger partial charge in [-0.25, -0.2) is 0 Å². The molecule has 0 nitrogen and oxygen atoms in total. The Kier molecular flexibility index (Phi) is 8.70. The quantitative estimate of drug-likeness (QED) is 0.379. The lowest BCUT2D eigenvalue weighted by Crippen LogP contribution is -2.27. The maximum absolute atomic E-state index is 4.26. The zero-order valence-corrected chi connectivity index (χ0v) is 14.7. The van der Waals surface area contributed by atoms with Crippen molar-refractivity contribution in [1.29, 1.82) is 0 Å². The van der Waals surface area contributed by atoms with E-state index < -0.39 is 0 Å². The molecule has 114 valence electrons. The van der Waals surface area contributed by atoms with Crippen molar-refractivity contribution in [1.82, 2.24) is 0 Å². The summed E-state index contributed by atoms with van der Waals surface area (Å²) in [4.78, 5) is 0. The predicted molar refractivity (Wildman–Crippen MR) is 89.5 cm³/mol. The fraction of sp³-hybridized carbons (Fsp3) is 0.895. The second-order valence-corrected chi connectivity index (χ2v) is 6.98. The van der Waals surface area contributed by atoms with E-state index in [1.54, 1.807) is 0 Å². The fourth-order valence-electron chi connectivity index (χ4n) is 3.56. The molecule has 0 spiro atoms. The van der Waals surface area contributed by atoms with Crippen LogP contribution < -0.4 is 0 Å². The van der Waals surface area contributed by atoms with E-state index in [0.717, 1.165) is 17.8 Å². The summed E-state index contributed by atoms with van der Waals surface area (Å²) in [5, 5.41) is 0. The van der Waals surface area contributed by atoms with E-state index in [2.05, 4.69) is 55.0 Å². The van der Waals surface area contributed by atoms with Gasteiger partial charge < -0.3 is 0 Å². The first-order valence-electron chi connectivity index (χ1n) is 8.49. The van der Waals surface area contributed by atoms with Gasteiger partial charge in [0, 0.05) is 0 Å². The van der Waals surface area contributed by atoms with E-state index in [4.69, 9.17) is 0 Å². The molecule has 0 aromatic carbocycles. The van der Waals surface area contributed by atoms with Crippen LogP contribution in [-0.2, 0) is 0 Å². The van der Waals surface area contributed by atoms with Crippen LogP contribution in [-0.4, -0.2) is 0 Å². The number of allylic oxidation sites excluding steroid dienone is 1. The van der Waals surface area contributed by atoms with E-state index in [-0.39, 0.29) is 0 Å². The third-order valence-corrected chi connectivity index (χ3v) is 5.74. The first-order chi connectivity index (χ1) is 8.83. The summed E-state index contributed by atoms with van der Waals surface area (Å²) in [6, 6.07) is 0. The molecule has 0 fully saturated rings. The lowest BCUT2D eigenvalue weighted by atomic mass is 9.68. The molecule has 0 saturated carbocycles. The zero-order chi connectivity index (χ0) is 15.1. The van der Waals surface area contributed by atoms with Crippen LogP contribution in [0.15, 0.2) is 12.2 Å². The van der Waals surface area contributed by atoms with Gasteiger partial charge in [0.05, 0.1) is 0 Å². The molecule has 0 amide bonds. The molecule has 0 aliphatic carbocycles. The van der Waals surface area contributed by atoms with Crippen molar-refractivity contribution in [3.8, 4) is 0 Å². The van der Waals surface area contributed by atoms with Crippen LogP contribution in [0.3, 0.4) is 0 Å². The highest BCUT2D eigenvalue weighted by molar-refractivity contribution is 5.07. The molecule has 0 aromatic heterocycles. The van der Waals surface area contributed by atoms with Gasteiger partial charge in [0.25, 0.3) is 0 Å². The Hall–Kier alpha value is -0.260. The topological polar surface area (TPSA) is 0 Å². The van der Waals surface area contributed by atoms with Crippen LogP contribution in [0.1, 0.15) is 87.0 Å². The monoisotopic (exact) mass is 266 g/mol. The van der Waals surface area contributed by atoms with Crippen molar-refractivity contribution in [2.24, 2.45) is 23.2 Å². The van der Waals surface area contributed by atoms with Crippen LogP contribution in [0.2, 0.25) is 0 Å². The van der Waals surface area contributed by atoms with E-state index >= 15 is 0 Å². The van der Waals surface area contributed by atoms with Gasteiger partial charge in [-0.2, -0.15) is 0 Å². The first kappa shape index (κ1) is 18.7. The number of rotatable bonds is 10. The lowest BCUT2D eigenvalue weighted by Gasteiger charge is -2.37. The van der Waals surface area contributed by atoms with Crippen molar-refractivity contribution in [3.63, 3.8) is 0 Å². The summed E-state index contributed by atoms with van der Waals surface area (Å²) in [6.07, 6.45) is 7.93. The minimum Gasteiger partial charge on any atom is -0.0996 e. The molecule has 0 heteroatoms. The molecule has 3 unspecified atom stereocenters. The maximum Gasteiger partial charge on any atom is -0.00963 e. The predicted octanol–water partition coefficient (Wildman–Crippen LogP) is 6.86. The van der Waals surface area contributed by atoms with Crippen molar-refractivity contribution in [2.75, 3.05) is 0 Å². The Morgan fingerprint density at radius 3 is 1.95 bits per heavy atom. The Morgan fingerprint density at radius 2 is 1.58 bits per heavy atom. The van der Waals surface area contributed by atoms with E-state index in [1.807, 2.05) is 0 Å². The van der Waals surface area contributed by atoms with Gasteiger partial charge in [-0.05, 0) is 42.9 Å². The maximum atomic E-state index is 4.26. The molecular formula is C19H38. The molecule has 3 atom stereocenters. The second kappa shape index (κ2) is 8.82. The molecule has 0 bridgehead atoms. The van der Waals surface area contributed by atoms with E-state index in [1.165, 1.54) is 44.1 Å². The average Bonchev–Trinajstić information content (AvgIpc) is 2.37. The minimum atomic E-state index is 0.336. The third-order valence-electron chi connectivity index (χ3n) is 5.74. The Labute approximate surface area is 123 Å². The molecule has 0 rings (SSSR count). The van der Waals surface area contributed by atoms with Gasteiger partial charge >= 0.3 is 0 Å². The van der Waals surface area contributed by atoms with Crippen molar-refractivity contribution in [2.45, 2.75) is 87.0 Å². The largest absolute Gasteiger partial charge is 0.0996 e. The summed E-state index contributed by atoms with van der Waals surface area (Å²) in [5.74, 6) is 2.53. The highest BCUT2D eigenvalue weighted by Gasteiger charge is 2.31. The molecule has 19 heavy (non-hydrogen) atoms. The van der Waals surface area contributed by atoms with Gasteiger partial charge in [0.1, 0.15) is 0 Å². The highest BCUT2D eigenvalue weighted by Crippen LogP contribution is 2.42. The van der Waals surface area contributed by atoms with Gasteiger partial charge in [0.15, 0.2) is 0 Å². The van der Waals surface area contributed by atoms with E-state index in [0.29, 0.717) is 5.41 Å². The van der Waals surface area contributed by atoms with Crippen LogP contribution in [0.25, 0.3) is 0 Å². The number of hydrogen-bond donors (Lipinski definition) is 0. The van der Waals surface area contributed by atoms with Crippen molar-refractivity contribution < 1.29 is 0 Å². The van der Waals surface area contributed by atoms with Crippen LogP contribution in [0.5, 0.6) is 0 Å². The number of hydrogen-bond acceptors (Lipinski definition) is 0. The standard InChI is InChI=1S/C19H38/c1-9-14-19(8,15(4)5)17(7)13-12-16(6)18(10-2)11-3/h16-18H,4,9-14H2,1-3,5-8H3. The molecule has 0 aromatic rings. The van der Waals surface area contributed by atoms with Crippen LogP contribution in [0, 0.1) is 23.2 Å². The zero-order valence-electron chi connectivity index (χ0n) is 14.7. The smallest absolute Gasteiger partial charge is 0.00963 e. The summed E-state index contributed by atoms with van der Waals surface area (Å²) >= 11 is 0. The Bertz CT molecular complexity index is 249. The highest BCUT2D eigenvalue weighted by atomic mass is 14.4. The molecule has 0 aliphatic heterocycles. The molecule has 0 heterocycles. The molecule has 0 aliphatic rings. The Morgan fingerprint density at radius 1 is 1.05 bits per heavy atom. The van der Waals surface area contributed by atoms with Gasteiger partial charge in [-0.15, -0.1) is 0 Å². The Balaban J connectivity index is 4.50. The summed E-state index contributed by atoms with van der Waals surface area (Å²) in [6.45, 7) is 20.7. The molecule has 0 radical (unpaired) electrons. The van der Waals surface area contributed by atoms with E-state index in [9.17, 15) is 0 Å². The lowest BCUT2D eigenvalue weighted by molar-refractivity contribution is 0.197. The van der Waals surface area contributed by atoms with Crippen molar-refractivity contribution >= 4 is 0 Å². The first-order valence-corrected chi connectivity index (χ1v) is 8.49. The van der Waals surface area contributed by atoms with Crippen LogP contribution in [0.4, 0.5) is 0 Å². The van der Waals surface area contributed by atoms with Gasteiger partial charge in [-0.3, -0.25) is 0 Å². The summed E-state index contributed by atoms with van der Waals surface area (Å²) in [5.41, 5.74) is 1.71. The average molecular weight is 267 g/mol. The van der Waals surface area contributed by atoms with Gasteiger partial charge in [0.2, 0.25) is 0 Å². The van der Waals surface area contributed by atoms with Crippen LogP contribution >= 0.6 is 0 Å². The SMILES string of the molecule is C=C(C)C(C)(CCC)C(C)CCC(C)C(CC)CC. The fourth-order valence-corrected chi connectivity index (χ4v) is 3.56. The second-order valence-electron chi connectivity index (χ2n) is 6.98. The third kappa shape index (κ3) is 5.32. The molecular weight excluding hydrogens is 228 g/mol. The molecule has 0 saturated heterocycles. The summed E-state index contributed by atoms with van der Waals surface area (Å²) in [7, 11) is 0. The van der Waals surface area contributed by atoms with Crippen molar-refractivity contribution in [3.05, 3.63) is 12.2 Å². The summed E-state index contributed by atoms with van der Waals surface area (Å²) < 4.78 is 0. The molecule has 0 N–H and O–H groups in total. The van der Waals surface area contributed by atoms with Gasteiger partial charge in [-0.1, -0.05) is 79.4 Å². The minimum absolute atomic E-state index is 0.336. The normalized spacial score (nSPS) is 18.1.